The van der Waals surface area contributed by atoms with Crippen molar-refractivity contribution in [1.29, 1.82) is 0 Å². The van der Waals surface area contributed by atoms with Crippen LogP contribution in [0.15, 0.2) is 42.6 Å². The standard InChI is InChI=1S/C15H18N2O2/c1-18-10-12-3-2-4-15(8-12)19-11-13-5-6-17-14(7-13)9-16/h2-8H,9-11,16H2,1H3. The molecular weight excluding hydrogens is 240 g/mol. The van der Waals surface area contributed by atoms with Gasteiger partial charge in [-0.2, -0.15) is 0 Å². The van der Waals surface area contributed by atoms with Gasteiger partial charge in [0.1, 0.15) is 12.4 Å². The molecule has 2 rings (SSSR count). The minimum absolute atomic E-state index is 0.442. The molecule has 2 N–H and O–H groups in total. The Morgan fingerprint density at radius 1 is 1.11 bits per heavy atom. The summed E-state index contributed by atoms with van der Waals surface area (Å²) in [7, 11) is 1.68. The Morgan fingerprint density at radius 3 is 2.74 bits per heavy atom. The van der Waals surface area contributed by atoms with Crippen LogP contribution in [0.25, 0.3) is 0 Å². The predicted octanol–water partition coefficient (Wildman–Crippen LogP) is 2.27. The van der Waals surface area contributed by atoms with Crippen molar-refractivity contribution in [1.82, 2.24) is 4.98 Å². The van der Waals surface area contributed by atoms with Crippen molar-refractivity contribution in [2.45, 2.75) is 19.8 Å². The quantitative estimate of drug-likeness (QED) is 0.863. The van der Waals surface area contributed by atoms with Crippen LogP contribution in [0.1, 0.15) is 16.8 Å². The van der Waals surface area contributed by atoms with Gasteiger partial charge in [0.2, 0.25) is 0 Å². The second kappa shape index (κ2) is 6.87. The number of hydrogen-bond acceptors (Lipinski definition) is 4. The van der Waals surface area contributed by atoms with Gasteiger partial charge in [-0.05, 0) is 35.4 Å². The Bertz CT molecular complexity index is 529. The predicted molar refractivity (Wildman–Crippen MR) is 73.6 cm³/mol. The van der Waals surface area contributed by atoms with Crippen molar-refractivity contribution in [3.05, 3.63) is 59.4 Å². The lowest BCUT2D eigenvalue weighted by Crippen LogP contribution is -2.02. The van der Waals surface area contributed by atoms with Gasteiger partial charge in [-0.1, -0.05) is 12.1 Å². The highest BCUT2D eigenvalue weighted by molar-refractivity contribution is 5.28. The summed E-state index contributed by atoms with van der Waals surface area (Å²) in [5.74, 6) is 0.834. The average Bonchev–Trinajstić information content (AvgIpc) is 2.46. The number of nitrogens with two attached hydrogens (primary N) is 1. The van der Waals surface area contributed by atoms with Crippen molar-refractivity contribution < 1.29 is 9.47 Å². The van der Waals surface area contributed by atoms with Crippen LogP contribution < -0.4 is 10.5 Å². The molecule has 0 bridgehead atoms. The lowest BCUT2D eigenvalue weighted by Gasteiger charge is -2.08. The minimum Gasteiger partial charge on any atom is -0.489 e. The molecule has 19 heavy (non-hydrogen) atoms. The van der Waals surface area contributed by atoms with Crippen LogP contribution >= 0.6 is 0 Å². The van der Waals surface area contributed by atoms with Crippen LogP contribution in [0.4, 0.5) is 0 Å². The molecule has 0 aliphatic heterocycles. The van der Waals surface area contributed by atoms with E-state index in [2.05, 4.69) is 4.98 Å². The maximum Gasteiger partial charge on any atom is 0.120 e. The molecule has 4 heteroatoms. The summed E-state index contributed by atoms with van der Waals surface area (Å²) in [4.78, 5) is 4.15. The molecule has 1 aromatic carbocycles. The van der Waals surface area contributed by atoms with Crippen molar-refractivity contribution in [2.75, 3.05) is 7.11 Å². The third-order valence-corrected chi connectivity index (χ3v) is 2.71. The molecule has 1 heterocycles. The molecule has 0 amide bonds. The van der Waals surface area contributed by atoms with Gasteiger partial charge in [0.25, 0.3) is 0 Å². The molecule has 100 valence electrons. The molecule has 0 radical (unpaired) electrons. The van der Waals surface area contributed by atoms with Gasteiger partial charge in [0.15, 0.2) is 0 Å². The van der Waals surface area contributed by atoms with Gasteiger partial charge in [0, 0.05) is 19.9 Å². The fraction of sp³-hybridized carbons (Fsp3) is 0.267. The van der Waals surface area contributed by atoms with Crippen LogP contribution in [0.5, 0.6) is 5.75 Å². The third kappa shape index (κ3) is 4.05. The highest BCUT2D eigenvalue weighted by Gasteiger charge is 1.99. The molecule has 0 unspecified atom stereocenters. The molecule has 0 spiro atoms. The van der Waals surface area contributed by atoms with E-state index in [-0.39, 0.29) is 0 Å². The highest BCUT2D eigenvalue weighted by atomic mass is 16.5. The molecule has 0 aliphatic carbocycles. The van der Waals surface area contributed by atoms with Crippen molar-refractivity contribution in [3.63, 3.8) is 0 Å². The zero-order valence-corrected chi connectivity index (χ0v) is 11.0. The number of nitrogens with zero attached hydrogens (tertiary/aromatic N) is 1. The summed E-state index contributed by atoms with van der Waals surface area (Å²) < 4.78 is 10.9. The fourth-order valence-electron chi connectivity index (χ4n) is 1.79. The van der Waals surface area contributed by atoms with Crippen molar-refractivity contribution in [2.24, 2.45) is 5.73 Å². The second-order valence-corrected chi connectivity index (χ2v) is 4.23. The first kappa shape index (κ1) is 13.5. The minimum atomic E-state index is 0.442. The van der Waals surface area contributed by atoms with Crippen LogP contribution in [0, 0.1) is 0 Å². The first-order valence-electron chi connectivity index (χ1n) is 6.16. The van der Waals surface area contributed by atoms with Crippen molar-refractivity contribution in [3.8, 4) is 5.75 Å². The Balaban J connectivity index is 1.99. The van der Waals surface area contributed by atoms with E-state index in [0.29, 0.717) is 19.8 Å². The first-order chi connectivity index (χ1) is 9.31. The van der Waals surface area contributed by atoms with Crippen molar-refractivity contribution >= 4 is 0 Å². The van der Waals surface area contributed by atoms with E-state index >= 15 is 0 Å². The van der Waals surface area contributed by atoms with E-state index in [1.807, 2.05) is 36.4 Å². The summed E-state index contributed by atoms with van der Waals surface area (Å²) in [6.07, 6.45) is 1.75. The molecule has 4 nitrogen and oxygen atoms in total. The summed E-state index contributed by atoms with van der Waals surface area (Å²) in [5, 5.41) is 0. The van der Waals surface area contributed by atoms with E-state index in [1.54, 1.807) is 13.3 Å². The summed E-state index contributed by atoms with van der Waals surface area (Å²) in [5.41, 5.74) is 8.59. The average molecular weight is 258 g/mol. The molecule has 0 saturated heterocycles. The Kier molecular flexibility index (Phi) is 4.89. The molecule has 0 atom stereocenters. The number of benzene rings is 1. The fourth-order valence-corrected chi connectivity index (χ4v) is 1.79. The van der Waals surface area contributed by atoms with Crippen LogP contribution in [0.2, 0.25) is 0 Å². The summed E-state index contributed by atoms with van der Waals surface area (Å²) >= 11 is 0. The smallest absolute Gasteiger partial charge is 0.120 e. The van der Waals surface area contributed by atoms with E-state index in [4.69, 9.17) is 15.2 Å². The van der Waals surface area contributed by atoms with Gasteiger partial charge in [0.05, 0.1) is 12.3 Å². The van der Waals surface area contributed by atoms with Gasteiger partial charge in [-0.25, -0.2) is 0 Å². The van der Waals surface area contributed by atoms with Gasteiger partial charge in [-0.15, -0.1) is 0 Å². The number of methoxy groups -OCH3 is 1. The molecular formula is C15H18N2O2. The molecule has 0 saturated carbocycles. The Labute approximate surface area is 113 Å². The second-order valence-electron chi connectivity index (χ2n) is 4.23. The molecule has 0 fully saturated rings. The molecule has 1 aromatic heterocycles. The topological polar surface area (TPSA) is 57.4 Å². The SMILES string of the molecule is COCc1cccc(OCc2ccnc(CN)c2)c1. The Morgan fingerprint density at radius 2 is 1.95 bits per heavy atom. The largest absolute Gasteiger partial charge is 0.489 e. The number of aromatic nitrogens is 1. The van der Waals surface area contributed by atoms with Gasteiger partial charge < -0.3 is 15.2 Å². The third-order valence-electron chi connectivity index (χ3n) is 2.71. The zero-order chi connectivity index (χ0) is 13.5. The summed E-state index contributed by atoms with van der Waals surface area (Å²) in [6, 6.07) is 11.8. The maximum atomic E-state index is 5.75. The lowest BCUT2D eigenvalue weighted by atomic mass is 10.2. The van der Waals surface area contributed by atoms with Crippen LogP contribution in [0.3, 0.4) is 0 Å². The molecule has 2 aromatic rings. The maximum absolute atomic E-state index is 5.75. The number of ether oxygens (including phenoxy) is 2. The number of hydrogen-bond donors (Lipinski definition) is 1. The van der Waals surface area contributed by atoms with E-state index < -0.39 is 0 Å². The number of pyridine rings is 1. The number of rotatable bonds is 6. The van der Waals surface area contributed by atoms with Gasteiger partial charge >= 0.3 is 0 Å². The van der Waals surface area contributed by atoms with E-state index in [1.165, 1.54) is 0 Å². The Hall–Kier alpha value is -1.91. The van der Waals surface area contributed by atoms with Crippen LogP contribution in [-0.2, 0) is 24.5 Å². The summed E-state index contributed by atoms with van der Waals surface area (Å²) in [6.45, 7) is 1.53. The van der Waals surface area contributed by atoms with E-state index in [9.17, 15) is 0 Å². The normalized spacial score (nSPS) is 10.4. The van der Waals surface area contributed by atoms with Crippen LogP contribution in [-0.4, -0.2) is 12.1 Å². The van der Waals surface area contributed by atoms with Gasteiger partial charge in [-0.3, -0.25) is 4.98 Å². The highest BCUT2D eigenvalue weighted by Crippen LogP contribution is 2.15. The lowest BCUT2D eigenvalue weighted by molar-refractivity contribution is 0.184. The van der Waals surface area contributed by atoms with E-state index in [0.717, 1.165) is 22.6 Å². The monoisotopic (exact) mass is 258 g/mol. The first-order valence-corrected chi connectivity index (χ1v) is 6.16. The zero-order valence-electron chi connectivity index (χ0n) is 11.0. The molecule has 0 aliphatic rings.